The van der Waals surface area contributed by atoms with Gasteiger partial charge in [-0.2, -0.15) is 5.10 Å². The summed E-state index contributed by atoms with van der Waals surface area (Å²) in [6.07, 6.45) is 2.48. The van der Waals surface area contributed by atoms with E-state index in [0.717, 1.165) is 32.1 Å². The molecule has 1 saturated carbocycles. The Morgan fingerprint density at radius 3 is 2.38 bits per heavy atom. The minimum atomic E-state index is -4.41. The second-order valence-electron chi connectivity index (χ2n) is 4.30. The fourth-order valence-electron chi connectivity index (χ4n) is 2.18. The van der Waals surface area contributed by atoms with Crippen LogP contribution >= 0.6 is 0 Å². The van der Waals surface area contributed by atoms with Gasteiger partial charge in [-0.05, 0) is 25.2 Å². The van der Waals surface area contributed by atoms with Crippen molar-refractivity contribution in [1.82, 2.24) is 5.43 Å². The Hall–Kier alpha value is -0.740. The van der Waals surface area contributed by atoms with Crippen LogP contribution in [0, 0.1) is 5.92 Å². The highest BCUT2D eigenvalue weighted by molar-refractivity contribution is 5.86. The predicted octanol–water partition coefficient (Wildman–Crippen LogP) is 3.83. The molecule has 16 heavy (non-hydrogen) atoms. The lowest BCUT2D eigenvalue weighted by Crippen LogP contribution is -2.30. The van der Waals surface area contributed by atoms with Gasteiger partial charge >= 0.3 is 6.30 Å². The number of halogens is 3. The highest BCUT2D eigenvalue weighted by atomic mass is 19.4. The molecule has 0 bridgehead atoms. The monoisotopic (exact) mass is 236 g/mol. The first kappa shape index (κ1) is 13.3. The van der Waals surface area contributed by atoms with Gasteiger partial charge in [-0.1, -0.05) is 32.6 Å². The first-order valence-corrected chi connectivity index (χ1v) is 5.93. The van der Waals surface area contributed by atoms with Crippen LogP contribution < -0.4 is 5.43 Å². The van der Waals surface area contributed by atoms with Gasteiger partial charge in [-0.15, -0.1) is 13.2 Å². The minimum Gasteiger partial charge on any atom is -0.218 e. The Morgan fingerprint density at radius 1 is 1.25 bits per heavy atom. The lowest BCUT2D eigenvalue weighted by atomic mass is 9.84. The highest BCUT2D eigenvalue weighted by Gasteiger charge is 2.27. The van der Waals surface area contributed by atoms with Crippen molar-refractivity contribution in [1.29, 1.82) is 0 Å². The van der Waals surface area contributed by atoms with Crippen molar-refractivity contribution in [2.45, 2.75) is 58.2 Å². The molecule has 1 rings (SSSR count). The number of alkyl halides is 3. The van der Waals surface area contributed by atoms with E-state index in [1.54, 1.807) is 0 Å². The molecule has 1 aliphatic carbocycles. The summed E-state index contributed by atoms with van der Waals surface area (Å²) in [7, 11) is 0. The van der Waals surface area contributed by atoms with Crippen molar-refractivity contribution in [2.24, 2.45) is 11.0 Å². The van der Waals surface area contributed by atoms with E-state index in [0.29, 0.717) is 12.1 Å². The molecule has 0 heterocycles. The summed E-state index contributed by atoms with van der Waals surface area (Å²) in [6, 6.07) is 0. The summed E-state index contributed by atoms with van der Waals surface area (Å²) in [4.78, 5) is 0. The number of nitrogens with one attached hydrogen (secondary N) is 1. The normalized spacial score (nSPS) is 19.9. The zero-order valence-corrected chi connectivity index (χ0v) is 9.61. The van der Waals surface area contributed by atoms with Crippen molar-refractivity contribution in [3.05, 3.63) is 0 Å². The highest BCUT2D eigenvalue weighted by Crippen LogP contribution is 2.26. The number of nitrogens with zero attached hydrogens (tertiary/aromatic N) is 1. The molecule has 5 heteroatoms. The quantitative estimate of drug-likeness (QED) is 0.447. The van der Waals surface area contributed by atoms with Crippen molar-refractivity contribution in [2.75, 3.05) is 0 Å². The second-order valence-corrected chi connectivity index (χ2v) is 4.30. The molecule has 0 radical (unpaired) electrons. The number of hydrazone groups is 1. The molecular formula is C11H19F3N2. The van der Waals surface area contributed by atoms with E-state index in [1.165, 1.54) is 11.8 Å². The lowest BCUT2D eigenvalue weighted by molar-refractivity contribution is -0.156. The number of hydrogen-bond donors (Lipinski definition) is 1. The van der Waals surface area contributed by atoms with Gasteiger partial charge in [0.1, 0.15) is 0 Å². The van der Waals surface area contributed by atoms with Gasteiger partial charge in [0.05, 0.1) is 0 Å². The first-order valence-electron chi connectivity index (χ1n) is 5.93. The lowest BCUT2D eigenvalue weighted by Gasteiger charge is -2.23. The Kier molecular flexibility index (Phi) is 5.09. The van der Waals surface area contributed by atoms with Crippen LogP contribution in [0.4, 0.5) is 13.2 Å². The van der Waals surface area contributed by atoms with Gasteiger partial charge in [-0.25, -0.2) is 5.43 Å². The molecule has 1 aliphatic rings. The molecule has 1 N–H and O–H groups in total. The maximum Gasteiger partial charge on any atom is 0.497 e. The van der Waals surface area contributed by atoms with Gasteiger partial charge < -0.3 is 0 Å². The largest absolute Gasteiger partial charge is 0.497 e. The molecule has 0 atom stereocenters. The molecule has 0 saturated heterocycles. The van der Waals surface area contributed by atoms with E-state index in [2.05, 4.69) is 5.10 Å². The first-order chi connectivity index (χ1) is 7.53. The standard InChI is InChI=1S/C11H19F3N2/c1-2-6-10(15-16-11(12,13)14)9-7-4-3-5-8-9/h9,16H,2-8H2,1H3/b15-10+. The van der Waals surface area contributed by atoms with E-state index < -0.39 is 6.30 Å². The topological polar surface area (TPSA) is 24.4 Å². The molecule has 0 aromatic carbocycles. The van der Waals surface area contributed by atoms with E-state index in [1.807, 2.05) is 6.92 Å². The van der Waals surface area contributed by atoms with Gasteiger partial charge in [0.25, 0.3) is 0 Å². The maximum atomic E-state index is 12.0. The summed E-state index contributed by atoms with van der Waals surface area (Å²) in [5, 5.41) is 3.55. The van der Waals surface area contributed by atoms with E-state index in [9.17, 15) is 13.2 Å². The average Bonchev–Trinajstić information content (AvgIpc) is 2.24. The molecule has 1 fully saturated rings. The molecular weight excluding hydrogens is 217 g/mol. The zero-order valence-electron chi connectivity index (χ0n) is 9.61. The van der Waals surface area contributed by atoms with Gasteiger partial charge in [-0.3, -0.25) is 0 Å². The smallest absolute Gasteiger partial charge is 0.218 e. The second kappa shape index (κ2) is 6.11. The molecule has 0 aliphatic heterocycles. The third kappa shape index (κ3) is 4.86. The molecule has 0 spiro atoms. The molecule has 0 unspecified atom stereocenters. The van der Waals surface area contributed by atoms with Crippen LogP contribution in [0.3, 0.4) is 0 Å². The third-order valence-corrected chi connectivity index (χ3v) is 2.91. The average molecular weight is 236 g/mol. The van der Waals surface area contributed by atoms with Crippen molar-refractivity contribution in [3.8, 4) is 0 Å². The Bertz CT molecular complexity index is 230. The maximum absolute atomic E-state index is 12.0. The van der Waals surface area contributed by atoms with Crippen LogP contribution in [0.25, 0.3) is 0 Å². The van der Waals surface area contributed by atoms with E-state index in [4.69, 9.17) is 0 Å². The molecule has 2 nitrogen and oxygen atoms in total. The molecule has 0 aromatic heterocycles. The fourth-order valence-corrected chi connectivity index (χ4v) is 2.18. The Balaban J connectivity index is 2.57. The van der Waals surface area contributed by atoms with Crippen molar-refractivity contribution in [3.63, 3.8) is 0 Å². The third-order valence-electron chi connectivity index (χ3n) is 2.91. The molecule has 0 amide bonds. The van der Waals surface area contributed by atoms with Crippen LogP contribution in [-0.4, -0.2) is 12.0 Å². The van der Waals surface area contributed by atoms with Crippen molar-refractivity contribution >= 4 is 5.71 Å². The Morgan fingerprint density at radius 2 is 1.88 bits per heavy atom. The summed E-state index contributed by atoms with van der Waals surface area (Å²) in [5.74, 6) is 0.253. The summed E-state index contributed by atoms with van der Waals surface area (Å²) in [6.45, 7) is 1.96. The summed E-state index contributed by atoms with van der Waals surface area (Å²) in [5.41, 5.74) is 1.99. The summed E-state index contributed by atoms with van der Waals surface area (Å²) >= 11 is 0. The minimum absolute atomic E-state index is 0.253. The Labute approximate surface area is 94.3 Å². The van der Waals surface area contributed by atoms with Crippen LogP contribution in [0.5, 0.6) is 0 Å². The zero-order chi connectivity index (χ0) is 12.0. The SMILES string of the molecule is CCC/C(=N\NC(F)(F)F)C1CCCCC1. The summed E-state index contributed by atoms with van der Waals surface area (Å²) < 4.78 is 36.0. The number of hydrogen-bond acceptors (Lipinski definition) is 2. The van der Waals surface area contributed by atoms with Crippen LogP contribution in [-0.2, 0) is 0 Å². The van der Waals surface area contributed by atoms with Crippen LogP contribution in [0.1, 0.15) is 51.9 Å². The number of rotatable bonds is 4. The van der Waals surface area contributed by atoms with E-state index >= 15 is 0 Å². The fraction of sp³-hybridized carbons (Fsp3) is 0.909. The van der Waals surface area contributed by atoms with Crippen molar-refractivity contribution < 1.29 is 13.2 Å². The predicted molar refractivity (Wildman–Crippen MR) is 58.1 cm³/mol. The molecule has 94 valence electrons. The van der Waals surface area contributed by atoms with Gasteiger partial charge in [0.2, 0.25) is 0 Å². The van der Waals surface area contributed by atoms with E-state index in [-0.39, 0.29) is 5.92 Å². The van der Waals surface area contributed by atoms with Crippen LogP contribution in [0.15, 0.2) is 5.10 Å². The van der Waals surface area contributed by atoms with Gasteiger partial charge in [0, 0.05) is 5.71 Å². The van der Waals surface area contributed by atoms with Gasteiger partial charge in [0.15, 0.2) is 0 Å². The van der Waals surface area contributed by atoms with Crippen LogP contribution in [0.2, 0.25) is 0 Å². The molecule has 0 aromatic rings.